The van der Waals surface area contributed by atoms with Crippen molar-refractivity contribution in [3.8, 4) is 0 Å². The number of benzene rings is 2. The zero-order valence-corrected chi connectivity index (χ0v) is 13.7. The van der Waals surface area contributed by atoms with Crippen molar-refractivity contribution in [2.24, 2.45) is 0 Å². The Bertz CT molecular complexity index is 889. The zero-order valence-electron chi connectivity index (χ0n) is 13.7. The maximum Gasteiger partial charge on any atom is 0.382 e. The number of aromatic amines is 1. The molecule has 128 valence electrons. The van der Waals surface area contributed by atoms with Gasteiger partial charge in [-0.15, -0.1) is 0 Å². The van der Waals surface area contributed by atoms with E-state index in [1.54, 1.807) is 37.4 Å². The van der Waals surface area contributed by atoms with Crippen LogP contribution in [0, 0.1) is 10.1 Å². The highest BCUT2D eigenvalue weighted by molar-refractivity contribution is 5.86. The maximum atomic E-state index is 12.4. The van der Waals surface area contributed by atoms with Crippen molar-refractivity contribution >= 4 is 16.9 Å². The van der Waals surface area contributed by atoms with E-state index in [-0.39, 0.29) is 6.61 Å². The topological polar surface area (TPSA) is 85.2 Å². The van der Waals surface area contributed by atoms with Gasteiger partial charge < -0.3 is 9.72 Å². The molecule has 1 N–H and O–H groups in total. The molecule has 0 bridgehead atoms. The van der Waals surface area contributed by atoms with Crippen LogP contribution in [0.1, 0.15) is 24.0 Å². The number of carbonyl (C=O) groups is 1. The molecule has 6 heteroatoms. The third-order valence-corrected chi connectivity index (χ3v) is 4.19. The minimum atomic E-state index is -1.51. The fourth-order valence-corrected chi connectivity index (χ4v) is 3.12. The first-order chi connectivity index (χ1) is 12.1. The number of nitro groups is 1. The van der Waals surface area contributed by atoms with Crippen molar-refractivity contribution < 1.29 is 14.5 Å². The number of ether oxygens (including phenoxy) is 1. The van der Waals surface area contributed by atoms with Crippen molar-refractivity contribution in [2.75, 3.05) is 6.61 Å². The zero-order chi connectivity index (χ0) is 17.8. The number of carbonyl (C=O) groups excluding carboxylic acids is 1. The van der Waals surface area contributed by atoms with Crippen LogP contribution in [-0.4, -0.2) is 28.5 Å². The summed E-state index contributed by atoms with van der Waals surface area (Å²) in [6, 6.07) is 15.1. The lowest BCUT2D eigenvalue weighted by molar-refractivity contribution is -0.513. The van der Waals surface area contributed by atoms with Gasteiger partial charge in [0.05, 0.1) is 12.5 Å². The first kappa shape index (κ1) is 16.7. The van der Waals surface area contributed by atoms with E-state index >= 15 is 0 Å². The molecule has 3 aromatic rings. The van der Waals surface area contributed by atoms with Gasteiger partial charge in [-0.25, -0.2) is 4.79 Å². The SMILES string of the molecule is CCOC(=O)[C@@H]([C@H](c1ccccc1)c1c[nH]c2ccccc12)[N+](=O)[O-]. The third kappa shape index (κ3) is 3.24. The van der Waals surface area contributed by atoms with Crippen LogP contribution in [0.4, 0.5) is 0 Å². The molecule has 0 saturated heterocycles. The molecule has 2 atom stereocenters. The summed E-state index contributed by atoms with van der Waals surface area (Å²) in [6.07, 6.45) is 1.73. The number of aromatic nitrogens is 1. The quantitative estimate of drug-likeness (QED) is 0.423. The number of H-pyrrole nitrogens is 1. The molecule has 0 spiro atoms. The fourth-order valence-electron chi connectivity index (χ4n) is 3.12. The third-order valence-electron chi connectivity index (χ3n) is 4.19. The molecule has 0 aliphatic heterocycles. The maximum absolute atomic E-state index is 12.4. The lowest BCUT2D eigenvalue weighted by Crippen LogP contribution is -2.37. The van der Waals surface area contributed by atoms with E-state index in [0.717, 1.165) is 10.9 Å². The minimum Gasteiger partial charge on any atom is -0.461 e. The van der Waals surface area contributed by atoms with Gasteiger partial charge in [-0.2, -0.15) is 0 Å². The van der Waals surface area contributed by atoms with Gasteiger partial charge in [-0.1, -0.05) is 48.5 Å². The highest BCUT2D eigenvalue weighted by Crippen LogP contribution is 2.35. The first-order valence-corrected chi connectivity index (χ1v) is 8.04. The van der Waals surface area contributed by atoms with Crippen LogP contribution >= 0.6 is 0 Å². The number of nitrogens with one attached hydrogen (secondary N) is 1. The molecule has 0 saturated carbocycles. The molecule has 1 aromatic heterocycles. The Morgan fingerprint density at radius 3 is 2.52 bits per heavy atom. The minimum absolute atomic E-state index is 0.0958. The average Bonchev–Trinajstić information content (AvgIpc) is 3.04. The molecule has 2 aromatic carbocycles. The Hall–Kier alpha value is -3.15. The van der Waals surface area contributed by atoms with Crippen LogP contribution in [0.5, 0.6) is 0 Å². The van der Waals surface area contributed by atoms with E-state index in [1.807, 2.05) is 30.3 Å². The summed E-state index contributed by atoms with van der Waals surface area (Å²) in [5, 5.41) is 12.6. The molecule has 3 rings (SSSR count). The predicted molar refractivity (Wildman–Crippen MR) is 94.0 cm³/mol. The van der Waals surface area contributed by atoms with Gasteiger partial charge in [-0.3, -0.25) is 10.1 Å². The Balaban J connectivity index is 2.19. The number of para-hydroxylation sites is 1. The lowest BCUT2D eigenvalue weighted by atomic mass is 9.85. The van der Waals surface area contributed by atoms with Gasteiger partial charge in [-0.05, 0) is 24.1 Å². The summed E-state index contributed by atoms with van der Waals surface area (Å²) in [4.78, 5) is 26.7. The highest BCUT2D eigenvalue weighted by atomic mass is 16.6. The van der Waals surface area contributed by atoms with Crippen LogP contribution in [0.2, 0.25) is 0 Å². The van der Waals surface area contributed by atoms with E-state index in [0.29, 0.717) is 11.1 Å². The van der Waals surface area contributed by atoms with Crippen molar-refractivity contribution in [1.82, 2.24) is 4.98 Å². The summed E-state index contributed by atoms with van der Waals surface area (Å²) in [5.74, 6) is -1.57. The number of nitrogens with zero attached hydrogens (tertiary/aromatic N) is 1. The summed E-state index contributed by atoms with van der Waals surface area (Å²) in [5.41, 5.74) is 2.27. The second-order valence-corrected chi connectivity index (χ2v) is 5.66. The lowest BCUT2D eigenvalue weighted by Gasteiger charge is -2.20. The number of fused-ring (bicyclic) bond motifs is 1. The molecule has 0 aliphatic carbocycles. The van der Waals surface area contributed by atoms with E-state index in [2.05, 4.69) is 4.98 Å². The fraction of sp³-hybridized carbons (Fsp3) is 0.211. The Morgan fingerprint density at radius 2 is 1.84 bits per heavy atom. The molecule has 6 nitrogen and oxygen atoms in total. The molecule has 1 heterocycles. The summed E-state index contributed by atoms with van der Waals surface area (Å²) in [6.45, 7) is 1.73. The molecule has 0 fully saturated rings. The van der Waals surface area contributed by atoms with Crippen molar-refractivity contribution in [2.45, 2.75) is 18.9 Å². The summed E-state index contributed by atoms with van der Waals surface area (Å²) < 4.78 is 4.99. The molecule has 0 amide bonds. The summed E-state index contributed by atoms with van der Waals surface area (Å²) >= 11 is 0. The average molecular weight is 338 g/mol. The van der Waals surface area contributed by atoms with Crippen molar-refractivity contribution in [3.05, 3.63) is 82.0 Å². The number of esters is 1. The highest BCUT2D eigenvalue weighted by Gasteiger charge is 2.43. The Kier molecular flexibility index (Phi) is 4.79. The molecule has 0 radical (unpaired) electrons. The van der Waals surface area contributed by atoms with Crippen LogP contribution in [0.15, 0.2) is 60.8 Å². The van der Waals surface area contributed by atoms with E-state index in [4.69, 9.17) is 4.74 Å². The number of hydrogen-bond acceptors (Lipinski definition) is 4. The smallest absolute Gasteiger partial charge is 0.382 e. The molecule has 0 unspecified atom stereocenters. The van der Waals surface area contributed by atoms with Crippen LogP contribution in [-0.2, 0) is 9.53 Å². The first-order valence-electron chi connectivity index (χ1n) is 8.04. The Labute approximate surface area is 144 Å². The van der Waals surface area contributed by atoms with Crippen molar-refractivity contribution in [3.63, 3.8) is 0 Å². The van der Waals surface area contributed by atoms with Crippen LogP contribution < -0.4 is 0 Å². The predicted octanol–water partition coefficient (Wildman–Crippen LogP) is 3.51. The van der Waals surface area contributed by atoms with E-state index < -0.39 is 22.9 Å². The summed E-state index contributed by atoms with van der Waals surface area (Å²) in [7, 11) is 0. The van der Waals surface area contributed by atoms with E-state index in [1.165, 1.54) is 0 Å². The number of rotatable bonds is 6. The monoisotopic (exact) mass is 338 g/mol. The number of hydrogen-bond donors (Lipinski definition) is 1. The van der Waals surface area contributed by atoms with Crippen LogP contribution in [0.3, 0.4) is 0 Å². The van der Waals surface area contributed by atoms with Gasteiger partial charge >= 0.3 is 12.0 Å². The van der Waals surface area contributed by atoms with Gasteiger partial charge in [0.2, 0.25) is 0 Å². The molecule has 0 aliphatic rings. The molecule has 25 heavy (non-hydrogen) atoms. The normalized spacial score (nSPS) is 13.3. The van der Waals surface area contributed by atoms with Crippen molar-refractivity contribution in [1.29, 1.82) is 0 Å². The van der Waals surface area contributed by atoms with Crippen LogP contribution in [0.25, 0.3) is 10.9 Å². The molecular weight excluding hydrogens is 320 g/mol. The second-order valence-electron chi connectivity index (χ2n) is 5.66. The standard InChI is InChI=1S/C19H18N2O4/c1-2-25-19(22)18(21(23)24)17(13-8-4-3-5-9-13)15-12-20-16-11-7-6-10-14(15)16/h3-12,17-18,20H,2H2,1H3/t17-,18-/m1/s1. The van der Waals surface area contributed by atoms with Gasteiger partial charge in [0.25, 0.3) is 0 Å². The largest absolute Gasteiger partial charge is 0.461 e. The van der Waals surface area contributed by atoms with E-state index in [9.17, 15) is 14.9 Å². The Morgan fingerprint density at radius 1 is 1.16 bits per heavy atom. The van der Waals surface area contributed by atoms with Gasteiger partial charge in [0.1, 0.15) is 0 Å². The second kappa shape index (κ2) is 7.17. The van der Waals surface area contributed by atoms with Gasteiger partial charge in [0, 0.05) is 22.0 Å². The molecular formula is C19H18N2O4. The van der Waals surface area contributed by atoms with Gasteiger partial charge in [0.15, 0.2) is 0 Å².